The van der Waals surface area contributed by atoms with E-state index < -0.39 is 35.3 Å². The van der Waals surface area contributed by atoms with Crippen molar-refractivity contribution >= 4 is 80.4 Å². The van der Waals surface area contributed by atoms with Crippen LogP contribution in [0.3, 0.4) is 0 Å². The number of Topliss-reactive ketones (excluding diaryl/α,β-unsaturated/α-hetero) is 2. The summed E-state index contributed by atoms with van der Waals surface area (Å²) in [5, 5.41) is 11.7. The molecule has 0 saturated carbocycles. The number of hydrogen-bond acceptors (Lipinski definition) is 12. The van der Waals surface area contributed by atoms with E-state index in [1.54, 1.807) is 28.5 Å². The molecule has 0 bridgehead atoms. The van der Waals surface area contributed by atoms with E-state index in [0.717, 1.165) is 37.9 Å². The van der Waals surface area contributed by atoms with Crippen LogP contribution in [0.2, 0.25) is 0 Å². The summed E-state index contributed by atoms with van der Waals surface area (Å²) in [7, 11) is 9.18. The van der Waals surface area contributed by atoms with Gasteiger partial charge >= 0.3 is 0 Å². The third-order valence-corrected chi connectivity index (χ3v) is 16.7. The Labute approximate surface area is 484 Å². The van der Waals surface area contributed by atoms with Crippen LogP contribution in [0.1, 0.15) is 203 Å². The van der Waals surface area contributed by atoms with Gasteiger partial charge in [-0.15, -0.1) is 0 Å². The first-order valence-corrected chi connectivity index (χ1v) is 32.2. The fourth-order valence-electron chi connectivity index (χ4n) is 8.57. The highest BCUT2D eigenvalue weighted by molar-refractivity contribution is 8.76. The number of carbonyl (C=O) groups excluding carboxylic acids is 10. The van der Waals surface area contributed by atoms with Crippen LogP contribution in [-0.4, -0.2) is 170 Å². The number of hydrogen-bond donors (Lipinski definition) is 4. The topological polar surface area (TPSA) is 232 Å². The molecule has 79 heavy (non-hydrogen) atoms. The van der Waals surface area contributed by atoms with Crippen LogP contribution in [0.15, 0.2) is 0 Å². The molecule has 0 aliphatic carbocycles. The van der Waals surface area contributed by atoms with Crippen LogP contribution in [0.5, 0.6) is 0 Å². The Morgan fingerprint density at radius 2 is 0.924 bits per heavy atom. The van der Waals surface area contributed by atoms with Crippen LogP contribution >= 0.6 is 21.6 Å². The van der Waals surface area contributed by atoms with Crippen molar-refractivity contribution in [2.75, 3.05) is 86.3 Å². The quantitative estimate of drug-likeness (QED) is 0.0334. The number of rotatable bonds is 49. The first-order chi connectivity index (χ1) is 37.5. The Bertz CT molecular complexity index is 1810. The SMILES string of the molecule is CCCCCCCCCCCCCCCC(=O)NCCC(=O)N(C)CC(=O)N(C)CC(=O)C[C@@H](CCCCNC(=O)CCC(C)SSCCNC(=O)C(C)C)C(=O)N(C)CC(=O)N(C)CC(=O)C[C@@H](C)C(=O)NCCCC(C)C. The second kappa shape index (κ2) is 46.4. The van der Waals surface area contributed by atoms with E-state index in [2.05, 4.69) is 49.0 Å². The minimum atomic E-state index is -0.852. The van der Waals surface area contributed by atoms with Gasteiger partial charge < -0.3 is 40.9 Å². The molecule has 456 valence electrons. The fraction of sp³-hybridized carbons (Fsp3) is 0.831. The molecule has 1 unspecified atom stereocenters. The summed E-state index contributed by atoms with van der Waals surface area (Å²) in [6.07, 6.45) is 20.1. The number of ketones is 2. The minimum Gasteiger partial charge on any atom is -0.356 e. The second-order valence-electron chi connectivity index (χ2n) is 22.5. The van der Waals surface area contributed by atoms with Crippen molar-refractivity contribution in [3.63, 3.8) is 0 Å². The Morgan fingerprint density at radius 3 is 1.49 bits per heavy atom. The number of nitrogens with zero attached hydrogens (tertiary/aromatic N) is 4. The number of nitrogens with one attached hydrogen (secondary N) is 4. The Hall–Kier alpha value is -4.20. The van der Waals surface area contributed by atoms with E-state index in [0.29, 0.717) is 57.7 Å². The third-order valence-electron chi connectivity index (χ3n) is 13.8. The van der Waals surface area contributed by atoms with Crippen LogP contribution in [0, 0.1) is 23.7 Å². The lowest BCUT2D eigenvalue weighted by Crippen LogP contribution is -2.44. The van der Waals surface area contributed by atoms with Gasteiger partial charge in [0.15, 0.2) is 11.6 Å². The summed E-state index contributed by atoms with van der Waals surface area (Å²) in [6.45, 7) is 14.3. The van der Waals surface area contributed by atoms with Crippen LogP contribution in [0.4, 0.5) is 0 Å². The summed E-state index contributed by atoms with van der Waals surface area (Å²) in [5.41, 5.74) is 0. The zero-order chi connectivity index (χ0) is 59.5. The molecule has 18 nitrogen and oxygen atoms in total. The molecule has 0 aliphatic rings. The number of likely N-dealkylation sites (N-methyl/N-ethyl adjacent to an activating group) is 4. The van der Waals surface area contributed by atoms with Gasteiger partial charge in [-0.1, -0.05) is 154 Å². The normalized spacial score (nSPS) is 12.3. The molecule has 0 aromatic rings. The predicted molar refractivity (Wildman–Crippen MR) is 321 cm³/mol. The van der Waals surface area contributed by atoms with Crippen LogP contribution < -0.4 is 21.3 Å². The van der Waals surface area contributed by atoms with E-state index in [9.17, 15) is 47.9 Å². The molecule has 0 aliphatic heterocycles. The summed E-state index contributed by atoms with van der Waals surface area (Å²) < 4.78 is 0. The van der Waals surface area contributed by atoms with Crippen LogP contribution in [0.25, 0.3) is 0 Å². The highest BCUT2D eigenvalue weighted by Crippen LogP contribution is 2.29. The molecule has 8 amide bonds. The van der Waals surface area contributed by atoms with Gasteiger partial charge in [-0.05, 0) is 44.4 Å². The highest BCUT2D eigenvalue weighted by atomic mass is 33.1. The average molecular weight is 1150 g/mol. The van der Waals surface area contributed by atoms with Gasteiger partial charge in [0, 0.05) is 115 Å². The maximum absolute atomic E-state index is 14.0. The lowest BCUT2D eigenvalue weighted by atomic mass is 9.94. The van der Waals surface area contributed by atoms with Crippen LogP contribution in [-0.2, 0) is 47.9 Å². The summed E-state index contributed by atoms with van der Waals surface area (Å²) in [5.74, 6) is -3.07. The van der Waals surface area contributed by atoms with Gasteiger partial charge in [-0.25, -0.2) is 0 Å². The fourth-order valence-corrected chi connectivity index (χ4v) is 10.8. The average Bonchev–Trinajstić information content (AvgIpc) is 3.39. The van der Waals surface area contributed by atoms with Crippen molar-refractivity contribution in [1.82, 2.24) is 40.9 Å². The van der Waals surface area contributed by atoms with E-state index >= 15 is 0 Å². The molecular formula is C59H108N8O10S2. The third kappa shape index (κ3) is 40.6. The Kier molecular flexibility index (Phi) is 43.9. The maximum Gasteiger partial charge on any atom is 0.242 e. The molecular weight excluding hydrogens is 1040 g/mol. The van der Waals surface area contributed by atoms with Crippen molar-refractivity contribution in [1.29, 1.82) is 0 Å². The van der Waals surface area contributed by atoms with Gasteiger partial charge in [0.05, 0.1) is 26.2 Å². The number of unbranched alkanes of at least 4 members (excludes halogenated alkanes) is 13. The van der Waals surface area contributed by atoms with Gasteiger partial charge in [0.2, 0.25) is 47.3 Å². The zero-order valence-corrected chi connectivity index (χ0v) is 52.5. The first kappa shape index (κ1) is 74.8. The van der Waals surface area contributed by atoms with Crippen molar-refractivity contribution in [3.8, 4) is 0 Å². The maximum atomic E-state index is 14.0. The van der Waals surface area contributed by atoms with Crippen molar-refractivity contribution < 1.29 is 47.9 Å². The molecule has 0 spiro atoms. The molecule has 0 radical (unpaired) electrons. The monoisotopic (exact) mass is 1150 g/mol. The molecule has 4 N–H and O–H groups in total. The van der Waals surface area contributed by atoms with Crippen molar-refractivity contribution in [3.05, 3.63) is 0 Å². The molecule has 0 heterocycles. The molecule has 20 heteroatoms. The smallest absolute Gasteiger partial charge is 0.242 e. The summed E-state index contributed by atoms with van der Waals surface area (Å²) >= 11 is 0. The Morgan fingerprint density at radius 1 is 0.430 bits per heavy atom. The zero-order valence-electron chi connectivity index (χ0n) is 50.9. The molecule has 0 rings (SSSR count). The molecule has 0 fully saturated rings. The van der Waals surface area contributed by atoms with Gasteiger partial charge in [0.25, 0.3) is 0 Å². The largest absolute Gasteiger partial charge is 0.356 e. The van der Waals surface area contributed by atoms with Gasteiger partial charge in [-0.2, -0.15) is 0 Å². The Balaban J connectivity index is 5.23. The lowest BCUT2D eigenvalue weighted by molar-refractivity contribution is -0.143. The second-order valence-corrected chi connectivity index (χ2v) is 25.4. The van der Waals surface area contributed by atoms with E-state index in [1.165, 1.54) is 112 Å². The van der Waals surface area contributed by atoms with Crippen molar-refractivity contribution in [2.45, 2.75) is 208 Å². The molecule has 0 aromatic carbocycles. The highest BCUT2D eigenvalue weighted by Gasteiger charge is 2.29. The molecule has 0 saturated heterocycles. The molecule has 0 aromatic heterocycles. The van der Waals surface area contributed by atoms with Gasteiger partial charge in [-0.3, -0.25) is 47.9 Å². The van der Waals surface area contributed by atoms with Crippen molar-refractivity contribution in [2.24, 2.45) is 23.7 Å². The predicted octanol–water partition coefficient (Wildman–Crippen LogP) is 8.14. The molecule has 3 atom stereocenters. The minimum absolute atomic E-state index is 0.0172. The first-order valence-electron chi connectivity index (χ1n) is 29.9. The van der Waals surface area contributed by atoms with E-state index in [4.69, 9.17) is 0 Å². The standard InChI is InChI=1S/C59H108N8O10S2/c1-12-13-14-15-16-17-18-19-20-21-22-23-24-30-52(70)61-36-33-54(72)66(10)43-55(73)65(9)42-51(69)40-49(29-25-26-34-60-53(71)32-31-48(7)79-78-38-37-63-57(75)46(4)5)59(77)67(11)44-56(74)64(8)41-50(68)39-47(6)58(76)62-35-27-28-45(2)3/h45-49H,12-44H2,1-11H3,(H,60,71)(H,61,70)(H,62,76)(H,63,75)/t47-,48?,49-/m1/s1. The summed E-state index contributed by atoms with van der Waals surface area (Å²) in [6, 6.07) is 0. The number of amides is 8. The van der Waals surface area contributed by atoms with E-state index in [1.807, 2.05) is 13.8 Å². The van der Waals surface area contributed by atoms with Gasteiger partial charge in [0.1, 0.15) is 0 Å². The van der Waals surface area contributed by atoms with E-state index in [-0.39, 0.29) is 105 Å². The number of carbonyl (C=O) groups is 10. The summed E-state index contributed by atoms with van der Waals surface area (Å²) in [4.78, 5) is 134. The lowest BCUT2D eigenvalue weighted by Gasteiger charge is -2.26.